The lowest BCUT2D eigenvalue weighted by atomic mass is 9.73. The first kappa shape index (κ1) is 20.2. The summed E-state index contributed by atoms with van der Waals surface area (Å²) in [6.07, 6.45) is 10.6. The molecule has 2 saturated carbocycles. The van der Waals surface area contributed by atoms with E-state index in [4.69, 9.17) is 0 Å². The third-order valence-electron chi connectivity index (χ3n) is 6.76. The first-order chi connectivity index (χ1) is 14.0. The van der Waals surface area contributed by atoms with Crippen LogP contribution >= 0.6 is 0 Å². The second-order valence-electron chi connectivity index (χ2n) is 8.43. The van der Waals surface area contributed by atoms with Gasteiger partial charge in [0.15, 0.2) is 17.4 Å². The van der Waals surface area contributed by atoms with Gasteiger partial charge >= 0.3 is 6.61 Å². The van der Waals surface area contributed by atoms with Gasteiger partial charge in [0.05, 0.1) is 0 Å². The maximum Gasteiger partial charge on any atom is 0.387 e. The van der Waals surface area contributed by atoms with E-state index in [1.807, 2.05) is 24.3 Å². The molecule has 0 heterocycles. The molecule has 0 bridgehead atoms. The van der Waals surface area contributed by atoms with Crippen molar-refractivity contribution < 1.29 is 22.3 Å². The number of hydrogen-bond donors (Lipinski definition) is 0. The van der Waals surface area contributed by atoms with Crippen LogP contribution in [0.25, 0.3) is 11.1 Å². The average Bonchev–Trinajstić information content (AvgIpc) is 3.26. The van der Waals surface area contributed by atoms with Crippen molar-refractivity contribution >= 4 is 0 Å². The molecule has 2 aliphatic rings. The molecule has 1 nitrogen and oxygen atoms in total. The Hall–Kier alpha value is -2.04. The van der Waals surface area contributed by atoms with E-state index in [9.17, 15) is 17.6 Å². The van der Waals surface area contributed by atoms with Crippen LogP contribution in [0.2, 0.25) is 0 Å². The molecule has 2 fully saturated rings. The Morgan fingerprint density at radius 3 is 1.83 bits per heavy atom. The number of halogens is 4. The molecular formula is C24H26F4O. The highest BCUT2D eigenvalue weighted by Crippen LogP contribution is 2.43. The second kappa shape index (κ2) is 8.76. The predicted molar refractivity (Wildman–Crippen MR) is 105 cm³/mol. The minimum Gasteiger partial charge on any atom is -0.429 e. The molecular weight excluding hydrogens is 380 g/mol. The van der Waals surface area contributed by atoms with Gasteiger partial charge in [-0.2, -0.15) is 8.78 Å². The first-order valence-corrected chi connectivity index (χ1v) is 10.6. The number of rotatable bonds is 5. The minimum absolute atomic E-state index is 0.304. The van der Waals surface area contributed by atoms with E-state index in [0.717, 1.165) is 24.0 Å². The fraction of sp³-hybridized carbons (Fsp3) is 0.500. The Bertz CT molecular complexity index is 796. The van der Waals surface area contributed by atoms with Crippen LogP contribution in [0.1, 0.15) is 62.8 Å². The normalized spacial score (nSPS) is 22.9. The van der Waals surface area contributed by atoms with E-state index in [-0.39, 0.29) is 0 Å². The van der Waals surface area contributed by atoms with Crippen molar-refractivity contribution in [3.05, 3.63) is 53.6 Å². The van der Waals surface area contributed by atoms with Crippen molar-refractivity contribution in [2.45, 2.75) is 63.9 Å². The van der Waals surface area contributed by atoms with Gasteiger partial charge in [-0.1, -0.05) is 49.9 Å². The van der Waals surface area contributed by atoms with Gasteiger partial charge in [-0.3, -0.25) is 0 Å². The molecule has 0 spiro atoms. The van der Waals surface area contributed by atoms with Crippen molar-refractivity contribution in [3.8, 4) is 16.9 Å². The Morgan fingerprint density at radius 1 is 0.724 bits per heavy atom. The van der Waals surface area contributed by atoms with Gasteiger partial charge in [0.1, 0.15) is 0 Å². The molecule has 2 aromatic carbocycles. The maximum atomic E-state index is 14.0. The van der Waals surface area contributed by atoms with Crippen molar-refractivity contribution in [2.75, 3.05) is 0 Å². The van der Waals surface area contributed by atoms with Gasteiger partial charge in [-0.25, -0.2) is 8.78 Å². The molecule has 0 aromatic heterocycles. The van der Waals surface area contributed by atoms with Gasteiger partial charge in [-0.05, 0) is 72.3 Å². The van der Waals surface area contributed by atoms with Gasteiger partial charge in [-0.15, -0.1) is 0 Å². The highest BCUT2D eigenvalue weighted by atomic mass is 19.3. The SMILES string of the molecule is Fc1cc(-c2ccc([C@H]3CC[C@H](C4CCCC4)CC3)cc2)cc(F)c1OC(F)F. The molecule has 0 saturated heterocycles. The number of alkyl halides is 2. The molecule has 0 atom stereocenters. The zero-order chi connectivity index (χ0) is 20.4. The van der Waals surface area contributed by atoms with Crippen molar-refractivity contribution in [1.29, 1.82) is 0 Å². The molecule has 0 unspecified atom stereocenters. The fourth-order valence-electron chi connectivity index (χ4n) is 5.23. The lowest BCUT2D eigenvalue weighted by Gasteiger charge is -2.32. The smallest absolute Gasteiger partial charge is 0.387 e. The molecule has 2 aromatic rings. The largest absolute Gasteiger partial charge is 0.429 e. The number of hydrogen-bond acceptors (Lipinski definition) is 1. The highest BCUT2D eigenvalue weighted by molar-refractivity contribution is 5.65. The summed E-state index contributed by atoms with van der Waals surface area (Å²) in [7, 11) is 0. The Balaban J connectivity index is 1.43. The predicted octanol–water partition coefficient (Wildman–Crippen LogP) is 7.70. The van der Waals surface area contributed by atoms with Crippen LogP contribution in [-0.4, -0.2) is 6.61 Å². The van der Waals surface area contributed by atoms with Crippen molar-refractivity contribution in [1.82, 2.24) is 0 Å². The van der Waals surface area contributed by atoms with Gasteiger partial charge < -0.3 is 4.74 Å². The van der Waals surface area contributed by atoms with Gasteiger partial charge in [0, 0.05) is 0 Å². The number of benzene rings is 2. The van der Waals surface area contributed by atoms with Crippen LogP contribution < -0.4 is 4.74 Å². The van der Waals surface area contributed by atoms with E-state index in [1.54, 1.807) is 0 Å². The van der Waals surface area contributed by atoms with Crippen molar-refractivity contribution in [2.24, 2.45) is 11.8 Å². The van der Waals surface area contributed by atoms with Crippen LogP contribution in [-0.2, 0) is 0 Å². The summed E-state index contributed by atoms with van der Waals surface area (Å²) in [5.41, 5.74) is 2.21. The molecule has 2 aliphatic carbocycles. The van der Waals surface area contributed by atoms with Gasteiger partial charge in [0.25, 0.3) is 0 Å². The maximum absolute atomic E-state index is 14.0. The first-order valence-electron chi connectivity index (χ1n) is 10.6. The topological polar surface area (TPSA) is 9.23 Å². The summed E-state index contributed by atoms with van der Waals surface area (Å²) >= 11 is 0. The van der Waals surface area contributed by atoms with E-state index in [1.165, 1.54) is 56.9 Å². The third kappa shape index (κ3) is 4.59. The molecule has 4 rings (SSSR count). The zero-order valence-corrected chi connectivity index (χ0v) is 16.4. The zero-order valence-electron chi connectivity index (χ0n) is 16.4. The monoisotopic (exact) mass is 406 g/mol. The molecule has 0 amide bonds. The van der Waals surface area contributed by atoms with Crippen LogP contribution in [0, 0.1) is 23.5 Å². The summed E-state index contributed by atoms with van der Waals surface area (Å²) in [5.74, 6) is -0.950. The summed E-state index contributed by atoms with van der Waals surface area (Å²) in [6, 6.07) is 9.80. The second-order valence-corrected chi connectivity index (χ2v) is 8.43. The van der Waals surface area contributed by atoms with E-state index < -0.39 is 24.0 Å². The Labute approximate surface area is 169 Å². The standard InChI is InChI=1S/C24H26F4O/c25-21-13-20(14-22(26)23(21)29-24(27)28)19-11-9-18(10-12-19)17-7-5-16(6-8-17)15-3-1-2-4-15/h9-17,24H,1-8H2/t16-,17-. The summed E-state index contributed by atoms with van der Waals surface area (Å²) in [4.78, 5) is 0. The molecule has 0 aliphatic heterocycles. The van der Waals surface area contributed by atoms with Crippen molar-refractivity contribution in [3.63, 3.8) is 0 Å². The Morgan fingerprint density at radius 2 is 1.28 bits per heavy atom. The molecule has 156 valence electrons. The Kier molecular flexibility index (Phi) is 6.12. The van der Waals surface area contributed by atoms with E-state index in [0.29, 0.717) is 17.0 Å². The van der Waals surface area contributed by atoms with Crippen LogP contribution in [0.5, 0.6) is 5.75 Å². The average molecular weight is 406 g/mol. The lowest BCUT2D eigenvalue weighted by molar-refractivity contribution is -0.0546. The van der Waals surface area contributed by atoms with Crippen LogP contribution in [0.4, 0.5) is 17.6 Å². The molecule has 5 heteroatoms. The third-order valence-corrected chi connectivity index (χ3v) is 6.76. The fourth-order valence-corrected chi connectivity index (χ4v) is 5.23. The van der Waals surface area contributed by atoms with Crippen LogP contribution in [0.15, 0.2) is 36.4 Å². The van der Waals surface area contributed by atoms with Crippen LogP contribution in [0.3, 0.4) is 0 Å². The minimum atomic E-state index is -3.27. The summed E-state index contributed by atoms with van der Waals surface area (Å²) in [6.45, 7) is -3.27. The quantitative estimate of drug-likeness (QED) is 0.462. The van der Waals surface area contributed by atoms with Gasteiger partial charge in [0.2, 0.25) is 0 Å². The highest BCUT2D eigenvalue weighted by Gasteiger charge is 2.29. The summed E-state index contributed by atoms with van der Waals surface area (Å²) < 4.78 is 56.5. The van der Waals surface area contributed by atoms with E-state index in [2.05, 4.69) is 4.74 Å². The molecule has 29 heavy (non-hydrogen) atoms. The molecule has 0 N–H and O–H groups in total. The lowest BCUT2D eigenvalue weighted by Crippen LogP contribution is -2.19. The summed E-state index contributed by atoms with van der Waals surface area (Å²) in [5, 5.41) is 0. The molecule has 0 radical (unpaired) electrons. The van der Waals surface area contributed by atoms with E-state index >= 15 is 0 Å². The number of ether oxygens (including phenoxy) is 1.